The lowest BCUT2D eigenvalue weighted by Crippen LogP contribution is -2.20. The first-order valence-corrected chi connectivity index (χ1v) is 5.54. The van der Waals surface area contributed by atoms with Gasteiger partial charge >= 0.3 is 0 Å². The molecule has 14 heavy (non-hydrogen) atoms. The summed E-state index contributed by atoms with van der Waals surface area (Å²) in [5, 5.41) is 0. The average Bonchev–Trinajstić information content (AvgIpc) is 2.77. The molecule has 1 aromatic heterocycles. The van der Waals surface area contributed by atoms with E-state index in [0.29, 0.717) is 0 Å². The average molecular weight is 193 g/mol. The van der Waals surface area contributed by atoms with Gasteiger partial charge in [-0.05, 0) is 39.8 Å². The summed E-state index contributed by atoms with van der Waals surface area (Å²) in [6.07, 6.45) is 4.75. The second-order valence-electron chi connectivity index (χ2n) is 4.02. The molecule has 1 fully saturated rings. The molecule has 0 spiro atoms. The van der Waals surface area contributed by atoms with E-state index in [1.807, 2.05) is 6.20 Å². The molecule has 0 amide bonds. The van der Waals surface area contributed by atoms with Crippen LogP contribution in [0.2, 0.25) is 0 Å². The molecule has 1 aliphatic rings. The fourth-order valence-corrected chi connectivity index (χ4v) is 2.24. The zero-order valence-corrected chi connectivity index (χ0v) is 9.16. The van der Waals surface area contributed by atoms with Crippen LogP contribution in [0.5, 0.6) is 0 Å². The highest BCUT2D eigenvalue weighted by Gasteiger charge is 2.14. The Hall–Kier alpha value is -0.830. The molecule has 3 heteroatoms. The molecular weight excluding hydrogens is 174 g/mol. The van der Waals surface area contributed by atoms with Crippen molar-refractivity contribution >= 4 is 0 Å². The van der Waals surface area contributed by atoms with Gasteiger partial charge in [0.25, 0.3) is 0 Å². The lowest BCUT2D eigenvalue weighted by atomic mass is 10.4. The standard InChI is InChI=1S/C11H19N3/c1-3-14-10(2)12-8-11(14)9-13-6-4-5-7-13/h8H,3-7,9H2,1-2H3. The van der Waals surface area contributed by atoms with Crippen LogP contribution in [-0.2, 0) is 13.1 Å². The minimum Gasteiger partial charge on any atom is -0.331 e. The van der Waals surface area contributed by atoms with Crippen LogP contribution in [0.3, 0.4) is 0 Å². The molecule has 0 aliphatic carbocycles. The molecule has 3 nitrogen and oxygen atoms in total. The van der Waals surface area contributed by atoms with Gasteiger partial charge in [0, 0.05) is 19.3 Å². The highest BCUT2D eigenvalue weighted by atomic mass is 15.2. The van der Waals surface area contributed by atoms with E-state index in [-0.39, 0.29) is 0 Å². The van der Waals surface area contributed by atoms with E-state index in [4.69, 9.17) is 0 Å². The Bertz CT molecular complexity index is 297. The van der Waals surface area contributed by atoms with E-state index in [1.165, 1.54) is 31.6 Å². The third-order valence-corrected chi connectivity index (χ3v) is 3.04. The summed E-state index contributed by atoms with van der Waals surface area (Å²) in [5.74, 6) is 1.14. The Morgan fingerprint density at radius 1 is 1.36 bits per heavy atom. The van der Waals surface area contributed by atoms with Crippen LogP contribution in [0.25, 0.3) is 0 Å². The quantitative estimate of drug-likeness (QED) is 0.730. The maximum Gasteiger partial charge on any atom is 0.105 e. The number of imidazole rings is 1. The molecule has 1 saturated heterocycles. The van der Waals surface area contributed by atoms with Gasteiger partial charge < -0.3 is 4.57 Å². The summed E-state index contributed by atoms with van der Waals surface area (Å²) in [7, 11) is 0. The Morgan fingerprint density at radius 3 is 2.71 bits per heavy atom. The molecule has 0 bridgehead atoms. The van der Waals surface area contributed by atoms with Crippen molar-refractivity contribution in [1.29, 1.82) is 0 Å². The molecule has 1 aliphatic heterocycles. The van der Waals surface area contributed by atoms with Crippen molar-refractivity contribution in [3.05, 3.63) is 17.7 Å². The summed E-state index contributed by atoms with van der Waals surface area (Å²) >= 11 is 0. The fourth-order valence-electron chi connectivity index (χ4n) is 2.24. The van der Waals surface area contributed by atoms with Gasteiger partial charge in [0.05, 0.1) is 5.69 Å². The van der Waals surface area contributed by atoms with Crippen LogP contribution in [0, 0.1) is 6.92 Å². The first-order chi connectivity index (χ1) is 6.81. The third kappa shape index (κ3) is 1.82. The van der Waals surface area contributed by atoms with E-state index in [0.717, 1.165) is 18.9 Å². The van der Waals surface area contributed by atoms with Crippen molar-refractivity contribution in [2.24, 2.45) is 0 Å². The topological polar surface area (TPSA) is 21.1 Å². The molecule has 2 rings (SSSR count). The summed E-state index contributed by atoms with van der Waals surface area (Å²) in [5.41, 5.74) is 1.37. The lowest BCUT2D eigenvalue weighted by Gasteiger charge is -2.15. The van der Waals surface area contributed by atoms with E-state index in [2.05, 4.69) is 28.3 Å². The van der Waals surface area contributed by atoms with Crippen molar-refractivity contribution in [2.75, 3.05) is 13.1 Å². The summed E-state index contributed by atoms with van der Waals surface area (Å²) in [6.45, 7) is 8.89. The molecular formula is C11H19N3. The number of aryl methyl sites for hydroxylation is 1. The smallest absolute Gasteiger partial charge is 0.105 e. The highest BCUT2D eigenvalue weighted by molar-refractivity contribution is 5.04. The molecule has 0 aromatic carbocycles. The fraction of sp³-hybridized carbons (Fsp3) is 0.727. The van der Waals surface area contributed by atoms with Crippen LogP contribution in [0.4, 0.5) is 0 Å². The monoisotopic (exact) mass is 193 g/mol. The lowest BCUT2D eigenvalue weighted by molar-refractivity contribution is 0.321. The number of hydrogen-bond donors (Lipinski definition) is 0. The predicted octanol–water partition coefficient (Wildman–Crippen LogP) is 1.81. The number of likely N-dealkylation sites (tertiary alicyclic amines) is 1. The van der Waals surface area contributed by atoms with Crippen molar-refractivity contribution in [3.8, 4) is 0 Å². The van der Waals surface area contributed by atoms with Gasteiger partial charge in [0.1, 0.15) is 5.82 Å². The van der Waals surface area contributed by atoms with Crippen LogP contribution >= 0.6 is 0 Å². The number of nitrogens with zero attached hydrogens (tertiary/aromatic N) is 3. The highest BCUT2D eigenvalue weighted by Crippen LogP contribution is 2.13. The predicted molar refractivity (Wildman–Crippen MR) is 57.1 cm³/mol. The van der Waals surface area contributed by atoms with Gasteiger partial charge in [-0.3, -0.25) is 4.90 Å². The molecule has 2 heterocycles. The van der Waals surface area contributed by atoms with E-state index < -0.39 is 0 Å². The number of rotatable bonds is 3. The Morgan fingerprint density at radius 2 is 2.07 bits per heavy atom. The van der Waals surface area contributed by atoms with Crippen LogP contribution in [-0.4, -0.2) is 27.5 Å². The minimum absolute atomic E-state index is 1.04. The summed E-state index contributed by atoms with van der Waals surface area (Å²) < 4.78 is 2.30. The molecule has 78 valence electrons. The maximum atomic E-state index is 4.37. The van der Waals surface area contributed by atoms with Crippen molar-refractivity contribution in [3.63, 3.8) is 0 Å². The SMILES string of the molecule is CCn1c(CN2CCCC2)cnc1C. The van der Waals surface area contributed by atoms with Gasteiger partial charge in [-0.15, -0.1) is 0 Å². The largest absolute Gasteiger partial charge is 0.331 e. The third-order valence-electron chi connectivity index (χ3n) is 3.04. The molecule has 1 aromatic rings. The first kappa shape index (κ1) is 9.71. The molecule has 0 radical (unpaired) electrons. The molecule has 0 saturated carbocycles. The van der Waals surface area contributed by atoms with Crippen molar-refractivity contribution in [1.82, 2.24) is 14.5 Å². The van der Waals surface area contributed by atoms with Crippen LogP contribution < -0.4 is 0 Å². The zero-order chi connectivity index (χ0) is 9.97. The zero-order valence-electron chi connectivity index (χ0n) is 9.16. The second kappa shape index (κ2) is 4.13. The molecule has 0 N–H and O–H groups in total. The van der Waals surface area contributed by atoms with Gasteiger partial charge in [0.2, 0.25) is 0 Å². The minimum atomic E-state index is 1.04. The van der Waals surface area contributed by atoms with E-state index in [1.54, 1.807) is 0 Å². The Kier molecular flexibility index (Phi) is 2.87. The molecule has 0 atom stereocenters. The maximum absolute atomic E-state index is 4.37. The molecule has 0 unspecified atom stereocenters. The van der Waals surface area contributed by atoms with Crippen LogP contribution in [0.1, 0.15) is 31.3 Å². The van der Waals surface area contributed by atoms with Gasteiger partial charge in [-0.25, -0.2) is 4.98 Å². The first-order valence-electron chi connectivity index (χ1n) is 5.54. The van der Waals surface area contributed by atoms with E-state index >= 15 is 0 Å². The Labute approximate surface area is 85.7 Å². The second-order valence-corrected chi connectivity index (χ2v) is 4.02. The number of aromatic nitrogens is 2. The van der Waals surface area contributed by atoms with E-state index in [9.17, 15) is 0 Å². The van der Waals surface area contributed by atoms with Gasteiger partial charge in [-0.1, -0.05) is 0 Å². The van der Waals surface area contributed by atoms with Gasteiger partial charge in [0.15, 0.2) is 0 Å². The summed E-state index contributed by atoms with van der Waals surface area (Å²) in [4.78, 5) is 6.88. The normalized spacial score (nSPS) is 17.9. The number of hydrogen-bond acceptors (Lipinski definition) is 2. The van der Waals surface area contributed by atoms with Crippen molar-refractivity contribution in [2.45, 2.75) is 39.8 Å². The summed E-state index contributed by atoms with van der Waals surface area (Å²) in [6, 6.07) is 0. The van der Waals surface area contributed by atoms with Gasteiger partial charge in [-0.2, -0.15) is 0 Å². The van der Waals surface area contributed by atoms with Crippen molar-refractivity contribution < 1.29 is 0 Å². The van der Waals surface area contributed by atoms with Crippen LogP contribution in [0.15, 0.2) is 6.20 Å². The Balaban J connectivity index is 2.07.